The van der Waals surface area contributed by atoms with Gasteiger partial charge in [0.1, 0.15) is 5.82 Å². The molecule has 0 radical (unpaired) electrons. The lowest BCUT2D eigenvalue weighted by atomic mass is 10.00. The van der Waals surface area contributed by atoms with Gasteiger partial charge in [0, 0.05) is 6.42 Å². The highest BCUT2D eigenvalue weighted by Crippen LogP contribution is 2.35. The second-order valence-corrected chi connectivity index (χ2v) is 4.50. The molecule has 0 saturated carbocycles. The highest BCUT2D eigenvalue weighted by Gasteiger charge is 2.36. The van der Waals surface area contributed by atoms with Gasteiger partial charge in [0.25, 0.3) is 0 Å². The fourth-order valence-corrected chi connectivity index (χ4v) is 1.89. The molecule has 0 amide bonds. The van der Waals surface area contributed by atoms with E-state index in [9.17, 15) is 17.6 Å². The number of aromatic nitrogens is 2. The molecule has 114 valence electrons. The van der Waals surface area contributed by atoms with Crippen molar-refractivity contribution >= 4 is 0 Å². The molecule has 8 heteroatoms. The van der Waals surface area contributed by atoms with Gasteiger partial charge in [0.05, 0.1) is 11.6 Å². The van der Waals surface area contributed by atoms with Crippen molar-refractivity contribution in [3.8, 4) is 0 Å². The molecular formula is C13H13F4N3O. The lowest BCUT2D eigenvalue weighted by molar-refractivity contribution is -0.138. The number of aryl methyl sites for hydroxylation is 1. The maximum Gasteiger partial charge on any atom is 0.416 e. The van der Waals surface area contributed by atoms with E-state index in [-0.39, 0.29) is 11.4 Å². The van der Waals surface area contributed by atoms with Gasteiger partial charge in [0.15, 0.2) is 5.82 Å². The van der Waals surface area contributed by atoms with Crippen molar-refractivity contribution in [1.29, 1.82) is 0 Å². The summed E-state index contributed by atoms with van der Waals surface area (Å²) in [6, 6.07) is 1.06. The first-order valence-corrected chi connectivity index (χ1v) is 6.27. The van der Waals surface area contributed by atoms with Gasteiger partial charge in [-0.05, 0) is 24.1 Å². The van der Waals surface area contributed by atoms with Gasteiger partial charge in [-0.25, -0.2) is 4.39 Å². The van der Waals surface area contributed by atoms with Crippen LogP contribution in [0.5, 0.6) is 0 Å². The van der Waals surface area contributed by atoms with Gasteiger partial charge in [-0.3, -0.25) is 0 Å². The zero-order chi connectivity index (χ0) is 15.6. The summed E-state index contributed by atoms with van der Waals surface area (Å²) in [5.74, 6) is -0.743. The van der Waals surface area contributed by atoms with Crippen LogP contribution in [-0.4, -0.2) is 10.1 Å². The van der Waals surface area contributed by atoms with E-state index in [2.05, 4.69) is 10.1 Å². The van der Waals surface area contributed by atoms with Crippen molar-refractivity contribution in [2.24, 2.45) is 5.73 Å². The molecule has 2 rings (SSSR count). The average molecular weight is 303 g/mol. The molecule has 0 aliphatic heterocycles. The Morgan fingerprint density at radius 2 is 2.05 bits per heavy atom. The number of benzene rings is 1. The average Bonchev–Trinajstić information content (AvgIpc) is 2.86. The van der Waals surface area contributed by atoms with Crippen molar-refractivity contribution in [1.82, 2.24) is 10.1 Å². The number of halogens is 4. The van der Waals surface area contributed by atoms with Gasteiger partial charge in [0.2, 0.25) is 5.89 Å². The Kier molecular flexibility index (Phi) is 4.26. The molecule has 0 saturated heterocycles. The molecule has 2 aromatic rings. The standard InChI is InChI=1S/C13H13F4N3O/c1-2-3-10-19-12(20-21-10)11(18)8-5-4-7(14)6-9(8)13(15,16)17/h4-6,11H,2-3,18H2,1H3. The minimum atomic E-state index is -4.72. The molecule has 0 bridgehead atoms. The van der Waals surface area contributed by atoms with Crippen molar-refractivity contribution in [2.45, 2.75) is 32.0 Å². The molecular weight excluding hydrogens is 290 g/mol. The smallest absolute Gasteiger partial charge is 0.339 e. The van der Waals surface area contributed by atoms with Crippen LogP contribution in [0.1, 0.15) is 42.2 Å². The zero-order valence-corrected chi connectivity index (χ0v) is 11.1. The van der Waals surface area contributed by atoms with Crippen LogP contribution >= 0.6 is 0 Å². The first-order valence-electron chi connectivity index (χ1n) is 6.27. The highest BCUT2D eigenvalue weighted by atomic mass is 19.4. The summed E-state index contributed by atoms with van der Waals surface area (Å²) >= 11 is 0. The third kappa shape index (κ3) is 3.38. The van der Waals surface area contributed by atoms with Crippen LogP contribution in [0.25, 0.3) is 0 Å². The molecule has 21 heavy (non-hydrogen) atoms. The molecule has 1 aromatic carbocycles. The summed E-state index contributed by atoms with van der Waals surface area (Å²) in [6.45, 7) is 1.89. The molecule has 0 spiro atoms. The largest absolute Gasteiger partial charge is 0.416 e. The van der Waals surface area contributed by atoms with Crippen molar-refractivity contribution in [3.05, 3.63) is 46.9 Å². The van der Waals surface area contributed by atoms with E-state index in [1.807, 2.05) is 6.92 Å². The fraction of sp³-hybridized carbons (Fsp3) is 0.385. The predicted molar refractivity (Wildman–Crippen MR) is 65.7 cm³/mol. The van der Waals surface area contributed by atoms with E-state index >= 15 is 0 Å². The summed E-state index contributed by atoms with van der Waals surface area (Å²) in [6.07, 6.45) is -3.46. The van der Waals surface area contributed by atoms with Crippen LogP contribution in [0.4, 0.5) is 17.6 Å². The third-order valence-electron chi connectivity index (χ3n) is 2.88. The van der Waals surface area contributed by atoms with Crippen LogP contribution in [0, 0.1) is 5.82 Å². The van der Waals surface area contributed by atoms with Crippen molar-refractivity contribution < 1.29 is 22.1 Å². The van der Waals surface area contributed by atoms with E-state index in [0.29, 0.717) is 18.4 Å². The Morgan fingerprint density at radius 3 is 2.67 bits per heavy atom. The monoisotopic (exact) mass is 303 g/mol. The maximum absolute atomic E-state index is 13.1. The number of nitrogens with zero attached hydrogens (tertiary/aromatic N) is 2. The molecule has 1 unspecified atom stereocenters. The molecule has 0 aliphatic rings. The van der Waals surface area contributed by atoms with E-state index < -0.39 is 23.6 Å². The summed E-state index contributed by atoms with van der Waals surface area (Å²) in [7, 11) is 0. The fourth-order valence-electron chi connectivity index (χ4n) is 1.89. The van der Waals surface area contributed by atoms with Crippen LogP contribution < -0.4 is 5.73 Å². The molecule has 0 aliphatic carbocycles. The van der Waals surface area contributed by atoms with Gasteiger partial charge in [-0.15, -0.1) is 0 Å². The second kappa shape index (κ2) is 5.80. The Labute approximate surface area is 118 Å². The normalized spacial score (nSPS) is 13.4. The minimum absolute atomic E-state index is 0.0597. The number of hydrogen-bond acceptors (Lipinski definition) is 4. The Hall–Kier alpha value is -1.96. The number of alkyl halides is 3. The molecule has 1 atom stereocenters. The van der Waals surface area contributed by atoms with Crippen LogP contribution in [0.15, 0.2) is 22.7 Å². The minimum Gasteiger partial charge on any atom is -0.339 e. The quantitative estimate of drug-likeness (QED) is 0.881. The van der Waals surface area contributed by atoms with Crippen LogP contribution in [0.3, 0.4) is 0 Å². The topological polar surface area (TPSA) is 64.9 Å². The number of rotatable bonds is 4. The van der Waals surface area contributed by atoms with Gasteiger partial charge < -0.3 is 10.3 Å². The van der Waals surface area contributed by atoms with E-state index in [0.717, 1.165) is 18.6 Å². The summed E-state index contributed by atoms with van der Waals surface area (Å²) < 4.78 is 56.8. The highest BCUT2D eigenvalue weighted by molar-refractivity contribution is 5.35. The number of hydrogen-bond donors (Lipinski definition) is 1. The summed E-state index contributed by atoms with van der Waals surface area (Å²) in [5, 5.41) is 3.58. The zero-order valence-electron chi connectivity index (χ0n) is 11.1. The van der Waals surface area contributed by atoms with Gasteiger partial charge in [-0.1, -0.05) is 18.1 Å². The molecule has 0 fully saturated rings. The Bertz CT molecular complexity index is 624. The van der Waals surface area contributed by atoms with Gasteiger partial charge in [-0.2, -0.15) is 18.2 Å². The third-order valence-corrected chi connectivity index (χ3v) is 2.88. The molecule has 1 heterocycles. The first-order chi connectivity index (χ1) is 9.82. The Balaban J connectivity index is 2.40. The lowest BCUT2D eigenvalue weighted by Crippen LogP contribution is -2.20. The van der Waals surface area contributed by atoms with E-state index in [1.54, 1.807) is 0 Å². The molecule has 1 aromatic heterocycles. The SMILES string of the molecule is CCCc1nc(C(N)c2ccc(F)cc2C(F)(F)F)no1. The molecule has 4 nitrogen and oxygen atoms in total. The van der Waals surface area contributed by atoms with Crippen LogP contribution in [-0.2, 0) is 12.6 Å². The maximum atomic E-state index is 13.1. The summed E-state index contributed by atoms with van der Waals surface area (Å²) in [4.78, 5) is 3.96. The lowest BCUT2D eigenvalue weighted by Gasteiger charge is -2.16. The summed E-state index contributed by atoms with van der Waals surface area (Å²) in [5.41, 5.74) is 4.33. The van der Waals surface area contributed by atoms with E-state index in [1.165, 1.54) is 0 Å². The Morgan fingerprint density at radius 1 is 1.33 bits per heavy atom. The van der Waals surface area contributed by atoms with Crippen molar-refractivity contribution in [3.63, 3.8) is 0 Å². The van der Waals surface area contributed by atoms with Crippen molar-refractivity contribution in [2.75, 3.05) is 0 Å². The first kappa shape index (κ1) is 15.4. The van der Waals surface area contributed by atoms with Crippen LogP contribution in [0.2, 0.25) is 0 Å². The van der Waals surface area contributed by atoms with E-state index in [4.69, 9.17) is 10.3 Å². The number of nitrogens with two attached hydrogens (primary N) is 1. The second-order valence-electron chi connectivity index (χ2n) is 4.50. The molecule has 2 N–H and O–H groups in total. The predicted octanol–water partition coefficient (Wildman–Crippen LogP) is 3.23. The van der Waals surface area contributed by atoms with Gasteiger partial charge >= 0.3 is 6.18 Å².